The van der Waals surface area contributed by atoms with Crippen molar-refractivity contribution in [2.24, 2.45) is 11.7 Å². The van der Waals surface area contributed by atoms with Crippen LogP contribution >= 0.6 is 0 Å². The van der Waals surface area contributed by atoms with Gasteiger partial charge in [-0.25, -0.2) is 26.9 Å². The smallest absolute Gasteiger partial charge is 0.350 e. The van der Waals surface area contributed by atoms with Crippen LogP contribution in [0.1, 0.15) is 62.4 Å². The van der Waals surface area contributed by atoms with E-state index in [1.54, 1.807) is 5.32 Å². The lowest BCUT2D eigenvalue weighted by Crippen LogP contribution is -2.39. The molecule has 1 aromatic heterocycles. The topological polar surface area (TPSA) is 83.8 Å². The van der Waals surface area contributed by atoms with Gasteiger partial charge < -0.3 is 16.0 Å². The van der Waals surface area contributed by atoms with E-state index in [1.165, 1.54) is 6.07 Å². The molecule has 1 aromatic carbocycles. The van der Waals surface area contributed by atoms with E-state index in [1.807, 2.05) is 0 Å². The number of carbonyl (C=O) groups is 1. The molecule has 2 aromatic rings. The van der Waals surface area contributed by atoms with Crippen LogP contribution in [0.4, 0.5) is 35.1 Å². The zero-order valence-corrected chi connectivity index (χ0v) is 18.1. The molecule has 1 aliphatic rings. The molecule has 0 spiro atoms. The highest BCUT2D eigenvalue weighted by molar-refractivity contribution is 5.86. The Kier molecular flexibility index (Phi) is 7.16. The summed E-state index contributed by atoms with van der Waals surface area (Å²) in [6.45, 7) is -0.744. The van der Waals surface area contributed by atoms with Crippen molar-refractivity contribution in [3.8, 4) is 0 Å². The van der Waals surface area contributed by atoms with Gasteiger partial charge in [-0.2, -0.15) is 13.2 Å². The van der Waals surface area contributed by atoms with Gasteiger partial charge in [0, 0.05) is 25.3 Å². The number of amides is 1. The number of imidazole rings is 1. The Bertz CT molecular complexity index is 1020. The number of carbonyl (C=O) groups excluding carboxylic acids is 1. The number of benzene rings is 1. The van der Waals surface area contributed by atoms with Crippen molar-refractivity contribution >= 4 is 16.9 Å². The van der Waals surface area contributed by atoms with Gasteiger partial charge in [-0.3, -0.25) is 4.79 Å². The third-order valence-corrected chi connectivity index (χ3v) is 5.93. The van der Waals surface area contributed by atoms with Gasteiger partial charge in [0.2, 0.25) is 11.8 Å². The molecule has 190 valence electrons. The Balaban J connectivity index is 1.90. The molecule has 0 saturated heterocycles. The Morgan fingerprint density at radius 2 is 1.85 bits per heavy atom. The summed E-state index contributed by atoms with van der Waals surface area (Å²) in [6.07, 6.45) is -7.13. The Labute approximate surface area is 189 Å². The Morgan fingerprint density at radius 3 is 2.41 bits per heavy atom. The Morgan fingerprint density at radius 1 is 1.24 bits per heavy atom. The normalized spacial score (nSPS) is 19.2. The minimum Gasteiger partial charge on any atom is -0.350 e. The number of rotatable bonds is 7. The summed E-state index contributed by atoms with van der Waals surface area (Å²) < 4.78 is 108. The summed E-state index contributed by atoms with van der Waals surface area (Å²) in [5, 5.41) is 1.73. The zero-order chi connectivity index (χ0) is 25.5. The number of aromatic amines is 1. The fraction of sp³-hybridized carbons (Fsp3) is 0.619. The molecule has 5 nitrogen and oxygen atoms in total. The minimum absolute atomic E-state index is 0.0729. The fourth-order valence-corrected chi connectivity index (χ4v) is 4.09. The first-order valence-corrected chi connectivity index (χ1v) is 10.6. The standard InChI is InChI=1S/C21H24F8N4O/c1-19(23,24)9-31-18(34)12(8-21(27,28)29)11-2-3-13-16(14(11)22)33-17(32-13)15(30)10-4-6-20(25,26)7-5-10/h2-3,10,12,15H,4-9,30H2,1H3,(H,31,34)(H,32,33)/t12?,15-/m0/s1. The van der Waals surface area contributed by atoms with E-state index in [-0.39, 0.29) is 48.5 Å². The number of fused-ring (bicyclic) bond motifs is 1. The summed E-state index contributed by atoms with van der Waals surface area (Å²) in [4.78, 5) is 19.1. The number of nitrogens with one attached hydrogen (secondary N) is 2. The van der Waals surface area contributed by atoms with Crippen molar-refractivity contribution in [3.05, 3.63) is 29.3 Å². The SMILES string of the molecule is CC(F)(F)CNC(=O)C(CC(F)(F)F)c1ccc2[nH]c([C@@H](N)C3CCC(F)(F)CC3)nc2c1F. The van der Waals surface area contributed by atoms with E-state index in [0.29, 0.717) is 6.92 Å². The molecule has 1 unspecified atom stereocenters. The predicted octanol–water partition coefficient (Wildman–Crippen LogP) is 5.33. The molecule has 2 atom stereocenters. The number of H-pyrrole nitrogens is 1. The second-order valence-electron chi connectivity index (χ2n) is 8.87. The lowest BCUT2D eigenvalue weighted by molar-refractivity contribution is -0.148. The van der Waals surface area contributed by atoms with Crippen LogP contribution in [0.2, 0.25) is 0 Å². The molecule has 0 radical (unpaired) electrons. The van der Waals surface area contributed by atoms with Crippen LogP contribution in [0, 0.1) is 11.7 Å². The highest BCUT2D eigenvalue weighted by Gasteiger charge is 2.40. The first-order valence-electron chi connectivity index (χ1n) is 10.6. The van der Waals surface area contributed by atoms with Crippen LogP contribution < -0.4 is 11.1 Å². The molecule has 1 fully saturated rings. The fourth-order valence-electron chi connectivity index (χ4n) is 4.09. The van der Waals surface area contributed by atoms with E-state index >= 15 is 4.39 Å². The van der Waals surface area contributed by atoms with Crippen LogP contribution in [0.5, 0.6) is 0 Å². The summed E-state index contributed by atoms with van der Waals surface area (Å²) in [5.41, 5.74) is 5.17. The number of aromatic nitrogens is 2. The van der Waals surface area contributed by atoms with Gasteiger partial charge in [0.15, 0.2) is 5.82 Å². The van der Waals surface area contributed by atoms with Crippen LogP contribution in [0.25, 0.3) is 11.0 Å². The summed E-state index contributed by atoms with van der Waals surface area (Å²) in [7, 11) is 0. The molecular formula is C21H24F8N4O. The van der Waals surface area contributed by atoms with Gasteiger partial charge in [0.1, 0.15) is 11.3 Å². The van der Waals surface area contributed by atoms with Crippen molar-refractivity contribution in [1.82, 2.24) is 15.3 Å². The molecule has 1 aliphatic carbocycles. The second-order valence-corrected chi connectivity index (χ2v) is 8.87. The van der Waals surface area contributed by atoms with Gasteiger partial charge in [-0.15, -0.1) is 0 Å². The molecule has 1 amide bonds. The highest BCUT2D eigenvalue weighted by Crippen LogP contribution is 2.41. The summed E-state index contributed by atoms with van der Waals surface area (Å²) in [5.74, 6) is -11.2. The number of halogens is 8. The quantitative estimate of drug-likeness (QED) is 0.449. The predicted molar refractivity (Wildman–Crippen MR) is 107 cm³/mol. The maximum absolute atomic E-state index is 15.2. The van der Waals surface area contributed by atoms with Gasteiger partial charge in [-0.05, 0) is 24.8 Å². The Hall–Kier alpha value is -2.44. The average molecular weight is 500 g/mol. The molecule has 0 aliphatic heterocycles. The van der Waals surface area contributed by atoms with Crippen LogP contribution in [0.15, 0.2) is 12.1 Å². The van der Waals surface area contributed by atoms with Crippen molar-refractivity contribution in [1.29, 1.82) is 0 Å². The number of nitrogens with zero attached hydrogens (tertiary/aromatic N) is 1. The first-order chi connectivity index (χ1) is 15.6. The van der Waals surface area contributed by atoms with E-state index in [4.69, 9.17) is 5.73 Å². The van der Waals surface area contributed by atoms with E-state index in [9.17, 15) is 35.5 Å². The summed E-state index contributed by atoms with van der Waals surface area (Å²) >= 11 is 0. The van der Waals surface area contributed by atoms with Crippen molar-refractivity contribution in [2.45, 2.75) is 69.0 Å². The van der Waals surface area contributed by atoms with E-state index in [0.717, 1.165) is 6.07 Å². The van der Waals surface area contributed by atoms with E-state index < -0.39 is 60.2 Å². The van der Waals surface area contributed by atoms with Gasteiger partial charge in [0.05, 0.1) is 30.4 Å². The number of nitrogens with two attached hydrogens (primary N) is 1. The highest BCUT2D eigenvalue weighted by atomic mass is 19.4. The molecule has 4 N–H and O–H groups in total. The largest absolute Gasteiger partial charge is 0.390 e. The summed E-state index contributed by atoms with van der Waals surface area (Å²) in [6, 6.07) is 1.32. The number of alkyl halides is 7. The first kappa shape index (κ1) is 26.2. The third kappa shape index (κ3) is 6.36. The van der Waals surface area contributed by atoms with Gasteiger partial charge >= 0.3 is 6.18 Å². The lowest BCUT2D eigenvalue weighted by atomic mass is 9.82. The lowest BCUT2D eigenvalue weighted by Gasteiger charge is -2.31. The monoisotopic (exact) mass is 500 g/mol. The van der Waals surface area contributed by atoms with Crippen molar-refractivity contribution in [2.75, 3.05) is 6.54 Å². The molecule has 34 heavy (non-hydrogen) atoms. The molecule has 1 heterocycles. The van der Waals surface area contributed by atoms with E-state index in [2.05, 4.69) is 9.97 Å². The number of hydrogen-bond donors (Lipinski definition) is 3. The van der Waals surface area contributed by atoms with Crippen LogP contribution in [-0.2, 0) is 4.79 Å². The minimum atomic E-state index is -4.89. The van der Waals surface area contributed by atoms with Gasteiger partial charge in [-0.1, -0.05) is 6.07 Å². The average Bonchev–Trinajstić information content (AvgIpc) is 3.14. The maximum atomic E-state index is 15.2. The maximum Gasteiger partial charge on any atom is 0.390 e. The van der Waals surface area contributed by atoms with Gasteiger partial charge in [0.25, 0.3) is 5.92 Å². The molecular weight excluding hydrogens is 476 g/mol. The molecule has 3 rings (SSSR count). The molecule has 1 saturated carbocycles. The molecule has 13 heteroatoms. The van der Waals surface area contributed by atoms with Crippen molar-refractivity contribution < 1.29 is 39.9 Å². The van der Waals surface area contributed by atoms with Crippen molar-refractivity contribution in [3.63, 3.8) is 0 Å². The zero-order valence-electron chi connectivity index (χ0n) is 18.1. The molecule has 0 bridgehead atoms. The third-order valence-electron chi connectivity index (χ3n) is 5.93. The van der Waals surface area contributed by atoms with Crippen LogP contribution in [-0.4, -0.2) is 40.4 Å². The number of hydrogen-bond acceptors (Lipinski definition) is 3. The van der Waals surface area contributed by atoms with Crippen LogP contribution in [0.3, 0.4) is 0 Å². The second kappa shape index (κ2) is 9.31.